The first-order valence-electron chi connectivity index (χ1n) is 7.32. The molecule has 0 saturated heterocycles. The average molecular weight is 335 g/mol. The van der Waals surface area contributed by atoms with Gasteiger partial charge in [0.1, 0.15) is 0 Å². The fourth-order valence-corrected chi connectivity index (χ4v) is 2.92. The number of hydrogen-bond acceptors (Lipinski definition) is 3. The number of amides is 1. The van der Waals surface area contributed by atoms with Gasteiger partial charge in [0, 0.05) is 18.8 Å². The van der Waals surface area contributed by atoms with Crippen molar-refractivity contribution in [3.8, 4) is 0 Å². The summed E-state index contributed by atoms with van der Waals surface area (Å²) < 4.78 is 26.1. The molecule has 126 valence electrons. The Morgan fingerprint density at radius 3 is 2.67 bits per heavy atom. The van der Waals surface area contributed by atoms with Crippen molar-refractivity contribution in [1.29, 1.82) is 0 Å². The molecule has 1 aliphatic heterocycles. The lowest BCUT2D eigenvalue weighted by atomic mass is 9.89. The van der Waals surface area contributed by atoms with Crippen molar-refractivity contribution in [2.45, 2.75) is 25.9 Å². The second-order valence-electron chi connectivity index (χ2n) is 5.67. The fourth-order valence-electron chi connectivity index (χ4n) is 2.92. The Bertz CT molecular complexity index is 804. The molecular weight excluding hydrogens is 320 g/mol. The minimum atomic E-state index is -2.83. The summed E-state index contributed by atoms with van der Waals surface area (Å²) in [5, 5.41) is 13.1. The van der Waals surface area contributed by atoms with Crippen molar-refractivity contribution < 1.29 is 23.5 Å². The molecule has 0 aliphatic carbocycles. The number of carboxylic acid groups (broad SMARTS) is 1. The third kappa shape index (κ3) is 2.75. The van der Waals surface area contributed by atoms with Gasteiger partial charge < -0.3 is 10.0 Å². The number of nitrogens with zero attached hydrogens (tertiary/aromatic N) is 3. The lowest BCUT2D eigenvalue weighted by Crippen LogP contribution is -2.40. The van der Waals surface area contributed by atoms with Crippen molar-refractivity contribution in [2.24, 2.45) is 0 Å². The fraction of sp³-hybridized carbons (Fsp3) is 0.312. The van der Waals surface area contributed by atoms with E-state index in [9.17, 15) is 23.5 Å². The second kappa shape index (κ2) is 6.03. The minimum absolute atomic E-state index is 0.0221. The monoisotopic (exact) mass is 335 g/mol. The van der Waals surface area contributed by atoms with Crippen LogP contribution in [0.25, 0.3) is 0 Å². The molecule has 1 amide bonds. The molecule has 1 aromatic heterocycles. The minimum Gasteiger partial charge on any atom is -0.481 e. The molecule has 0 saturated carbocycles. The molecule has 1 N–H and O–H groups in total. The number of carboxylic acids is 1. The molecular formula is C16H15F2N3O3. The van der Waals surface area contributed by atoms with Gasteiger partial charge in [-0.15, -0.1) is 0 Å². The summed E-state index contributed by atoms with van der Waals surface area (Å²) in [5.41, 5.74) is 1.45. The Labute approximate surface area is 136 Å². The molecule has 2 heterocycles. The molecule has 3 rings (SSSR count). The number of halogens is 2. The maximum Gasteiger partial charge on any atom is 0.333 e. The van der Waals surface area contributed by atoms with E-state index in [2.05, 4.69) is 5.10 Å². The first-order valence-corrected chi connectivity index (χ1v) is 7.32. The third-order valence-electron chi connectivity index (χ3n) is 4.11. The highest BCUT2D eigenvalue weighted by Crippen LogP contribution is 2.29. The van der Waals surface area contributed by atoms with Gasteiger partial charge in [-0.3, -0.25) is 9.59 Å². The second-order valence-corrected chi connectivity index (χ2v) is 5.67. The lowest BCUT2D eigenvalue weighted by Gasteiger charge is -2.32. The summed E-state index contributed by atoms with van der Waals surface area (Å²) in [4.78, 5) is 25.4. The van der Waals surface area contributed by atoms with Crippen LogP contribution in [-0.2, 0) is 11.3 Å². The van der Waals surface area contributed by atoms with Gasteiger partial charge in [0.15, 0.2) is 5.69 Å². The highest BCUT2D eigenvalue weighted by atomic mass is 19.3. The summed E-state index contributed by atoms with van der Waals surface area (Å²) in [6.07, 6.45) is 0. The normalized spacial score (nSPS) is 17.0. The Hall–Kier alpha value is -2.77. The number of alkyl halides is 2. The van der Waals surface area contributed by atoms with Gasteiger partial charge in [-0.25, -0.2) is 4.68 Å². The van der Waals surface area contributed by atoms with Crippen LogP contribution in [0.4, 0.5) is 8.78 Å². The third-order valence-corrected chi connectivity index (χ3v) is 4.11. The molecule has 1 aromatic carbocycles. The Morgan fingerprint density at radius 1 is 1.33 bits per heavy atom. The van der Waals surface area contributed by atoms with Crippen molar-refractivity contribution in [2.75, 3.05) is 6.54 Å². The molecule has 2 aromatic rings. The van der Waals surface area contributed by atoms with Crippen LogP contribution in [0.1, 0.15) is 39.8 Å². The van der Waals surface area contributed by atoms with Gasteiger partial charge in [-0.05, 0) is 24.1 Å². The molecule has 0 fully saturated rings. The zero-order chi connectivity index (χ0) is 17.4. The number of rotatable bonds is 3. The van der Waals surface area contributed by atoms with E-state index in [0.717, 1.165) is 5.56 Å². The Morgan fingerprint density at radius 2 is 2.04 bits per heavy atom. The van der Waals surface area contributed by atoms with Gasteiger partial charge in [0.2, 0.25) is 0 Å². The smallest absolute Gasteiger partial charge is 0.333 e. The number of carbonyl (C=O) groups is 2. The average Bonchev–Trinajstić information content (AvgIpc) is 2.95. The Kier molecular flexibility index (Phi) is 4.04. The zero-order valence-corrected chi connectivity index (χ0v) is 12.8. The van der Waals surface area contributed by atoms with Gasteiger partial charge in [-0.2, -0.15) is 13.9 Å². The lowest BCUT2D eigenvalue weighted by molar-refractivity contribution is -0.139. The predicted molar refractivity (Wildman–Crippen MR) is 79.8 cm³/mol. The number of carbonyl (C=O) groups excluding carboxylic acids is 1. The zero-order valence-electron chi connectivity index (χ0n) is 12.8. The maximum atomic E-state index is 12.8. The quantitative estimate of drug-likeness (QED) is 0.935. The molecule has 6 nitrogen and oxygen atoms in total. The van der Waals surface area contributed by atoms with Crippen molar-refractivity contribution >= 4 is 11.9 Å². The van der Waals surface area contributed by atoms with Crippen molar-refractivity contribution in [1.82, 2.24) is 14.7 Å². The molecule has 0 spiro atoms. The number of fused-ring (bicyclic) bond motifs is 1. The van der Waals surface area contributed by atoms with Crippen LogP contribution in [0.15, 0.2) is 30.3 Å². The highest BCUT2D eigenvalue weighted by molar-refractivity contribution is 5.93. The van der Waals surface area contributed by atoms with E-state index in [0.29, 0.717) is 10.2 Å². The van der Waals surface area contributed by atoms with Crippen molar-refractivity contribution in [3.63, 3.8) is 0 Å². The number of benzene rings is 1. The summed E-state index contributed by atoms with van der Waals surface area (Å²) in [5.74, 6) is -2.44. The van der Waals surface area contributed by atoms with Crippen LogP contribution in [-0.4, -0.2) is 38.2 Å². The Balaban J connectivity index is 1.92. The SMILES string of the molecule is Cc1cc(C(=O)N2Cc3ccccc3C(C(=O)O)C2)nn1C(F)F. The molecule has 1 unspecified atom stereocenters. The van der Waals surface area contributed by atoms with Crippen LogP contribution in [0, 0.1) is 6.92 Å². The summed E-state index contributed by atoms with van der Waals surface area (Å²) in [6, 6.07) is 8.28. The van der Waals surface area contributed by atoms with E-state index < -0.39 is 24.3 Å². The standard InChI is InChI=1S/C16H15F2N3O3/c1-9-6-13(19-21(9)16(17)18)14(22)20-7-10-4-2-3-5-11(10)12(8-20)15(23)24/h2-6,12,16H,7-8H2,1H3,(H,23,24). The molecule has 1 aliphatic rings. The topological polar surface area (TPSA) is 75.4 Å². The van der Waals surface area contributed by atoms with E-state index in [1.807, 2.05) is 0 Å². The van der Waals surface area contributed by atoms with Gasteiger partial charge in [0.05, 0.1) is 5.92 Å². The van der Waals surface area contributed by atoms with Gasteiger partial charge >= 0.3 is 12.5 Å². The maximum absolute atomic E-state index is 12.8. The van der Waals surface area contributed by atoms with E-state index >= 15 is 0 Å². The highest BCUT2D eigenvalue weighted by Gasteiger charge is 2.33. The van der Waals surface area contributed by atoms with Gasteiger partial charge in [-0.1, -0.05) is 24.3 Å². The van der Waals surface area contributed by atoms with E-state index in [-0.39, 0.29) is 24.5 Å². The van der Waals surface area contributed by atoms with Crippen LogP contribution in [0.5, 0.6) is 0 Å². The van der Waals surface area contributed by atoms with Crippen LogP contribution < -0.4 is 0 Å². The van der Waals surface area contributed by atoms with Crippen LogP contribution in [0.3, 0.4) is 0 Å². The first kappa shape index (κ1) is 16.1. The molecule has 0 bridgehead atoms. The van der Waals surface area contributed by atoms with E-state index in [4.69, 9.17) is 0 Å². The predicted octanol–water partition coefficient (Wildman–Crippen LogP) is 2.41. The summed E-state index contributed by atoms with van der Waals surface area (Å²) in [7, 11) is 0. The summed E-state index contributed by atoms with van der Waals surface area (Å²) in [6.45, 7) is -1.20. The number of aryl methyl sites for hydroxylation is 1. The largest absolute Gasteiger partial charge is 0.481 e. The molecule has 8 heteroatoms. The number of hydrogen-bond donors (Lipinski definition) is 1. The molecule has 1 atom stereocenters. The van der Waals surface area contributed by atoms with Gasteiger partial charge in [0.25, 0.3) is 5.91 Å². The first-order chi connectivity index (χ1) is 11.4. The van der Waals surface area contributed by atoms with Crippen LogP contribution in [0.2, 0.25) is 0 Å². The van der Waals surface area contributed by atoms with E-state index in [1.54, 1.807) is 24.3 Å². The molecule has 24 heavy (non-hydrogen) atoms. The number of aliphatic carboxylic acids is 1. The van der Waals surface area contributed by atoms with Crippen molar-refractivity contribution in [3.05, 3.63) is 52.8 Å². The molecule has 0 radical (unpaired) electrons. The summed E-state index contributed by atoms with van der Waals surface area (Å²) >= 11 is 0. The number of aromatic nitrogens is 2. The van der Waals surface area contributed by atoms with E-state index in [1.165, 1.54) is 17.9 Å². The van der Waals surface area contributed by atoms with Crippen LogP contribution >= 0.6 is 0 Å².